The van der Waals surface area contributed by atoms with Gasteiger partial charge in [-0.3, -0.25) is 4.79 Å². The van der Waals surface area contributed by atoms with Gasteiger partial charge in [-0.15, -0.1) is 0 Å². The molecule has 0 bridgehead atoms. The molecular formula is C22H26FN3OS. The van der Waals surface area contributed by atoms with Gasteiger partial charge in [0, 0.05) is 18.8 Å². The average Bonchev–Trinajstić information content (AvgIpc) is 3.05. The van der Waals surface area contributed by atoms with Crippen molar-refractivity contribution in [2.24, 2.45) is 0 Å². The van der Waals surface area contributed by atoms with Crippen molar-refractivity contribution in [1.82, 2.24) is 14.5 Å². The molecule has 0 fully saturated rings. The summed E-state index contributed by atoms with van der Waals surface area (Å²) < 4.78 is 15.1. The van der Waals surface area contributed by atoms with Crippen LogP contribution >= 0.6 is 11.8 Å². The highest BCUT2D eigenvalue weighted by Gasteiger charge is 2.18. The van der Waals surface area contributed by atoms with Crippen molar-refractivity contribution in [3.05, 3.63) is 59.9 Å². The predicted octanol–water partition coefficient (Wildman–Crippen LogP) is 5.12. The Kier molecular flexibility index (Phi) is 7.09. The van der Waals surface area contributed by atoms with Crippen LogP contribution in [-0.4, -0.2) is 33.4 Å². The molecule has 148 valence electrons. The predicted molar refractivity (Wildman–Crippen MR) is 113 cm³/mol. The third kappa shape index (κ3) is 4.93. The number of rotatable bonds is 9. The number of aromatic nitrogens is 2. The van der Waals surface area contributed by atoms with Gasteiger partial charge >= 0.3 is 0 Å². The van der Waals surface area contributed by atoms with E-state index in [1.807, 2.05) is 33.7 Å². The molecule has 4 nitrogen and oxygen atoms in total. The topological polar surface area (TPSA) is 38.1 Å². The van der Waals surface area contributed by atoms with Crippen LogP contribution in [0.2, 0.25) is 0 Å². The number of hydrogen-bond acceptors (Lipinski definition) is 3. The molecule has 0 aliphatic rings. The Morgan fingerprint density at radius 3 is 2.43 bits per heavy atom. The number of halogens is 1. The zero-order chi connectivity index (χ0) is 19.9. The standard InChI is InChI=1S/C22H26FN3OS/c1-3-13-25(14-4-2)21(27)15-26-20-8-6-5-7-19(20)24-22(26)28-16-17-9-11-18(23)12-10-17/h5-12H,3-4,13-16H2,1-2H3. The highest BCUT2D eigenvalue weighted by atomic mass is 32.2. The second-order valence-corrected chi connectivity index (χ2v) is 7.71. The smallest absolute Gasteiger partial charge is 0.242 e. The van der Waals surface area contributed by atoms with Crippen LogP contribution in [0.1, 0.15) is 32.3 Å². The van der Waals surface area contributed by atoms with Gasteiger partial charge in [-0.05, 0) is 42.7 Å². The van der Waals surface area contributed by atoms with Crippen LogP contribution in [0.15, 0.2) is 53.7 Å². The Morgan fingerprint density at radius 1 is 1.07 bits per heavy atom. The van der Waals surface area contributed by atoms with Crippen LogP contribution in [0.5, 0.6) is 0 Å². The average molecular weight is 400 g/mol. The molecule has 3 rings (SSSR count). The summed E-state index contributed by atoms with van der Waals surface area (Å²) in [5, 5.41) is 0.812. The molecule has 0 aliphatic heterocycles. The van der Waals surface area contributed by atoms with E-state index in [0.717, 1.165) is 47.7 Å². The van der Waals surface area contributed by atoms with Gasteiger partial charge in [-0.2, -0.15) is 0 Å². The van der Waals surface area contributed by atoms with Crippen LogP contribution in [0, 0.1) is 5.82 Å². The van der Waals surface area contributed by atoms with Crippen LogP contribution < -0.4 is 0 Å². The maximum atomic E-state index is 13.1. The summed E-state index contributed by atoms with van der Waals surface area (Å²) in [5.74, 6) is 0.555. The van der Waals surface area contributed by atoms with E-state index in [4.69, 9.17) is 4.98 Å². The molecule has 2 aromatic carbocycles. The minimum atomic E-state index is -0.237. The molecule has 0 atom stereocenters. The minimum absolute atomic E-state index is 0.121. The summed E-state index contributed by atoms with van der Waals surface area (Å²) in [5.41, 5.74) is 2.87. The summed E-state index contributed by atoms with van der Waals surface area (Å²) in [6.07, 6.45) is 1.89. The number of hydrogen-bond donors (Lipinski definition) is 0. The fourth-order valence-corrected chi connectivity index (χ4v) is 4.15. The largest absolute Gasteiger partial charge is 0.341 e. The lowest BCUT2D eigenvalue weighted by Gasteiger charge is -2.22. The quantitative estimate of drug-likeness (QED) is 0.469. The molecule has 1 heterocycles. The van der Waals surface area contributed by atoms with Gasteiger partial charge in [0.2, 0.25) is 5.91 Å². The number of imidazole rings is 1. The highest BCUT2D eigenvalue weighted by Crippen LogP contribution is 2.27. The molecule has 0 unspecified atom stereocenters. The van der Waals surface area contributed by atoms with Crippen molar-refractivity contribution in [3.63, 3.8) is 0 Å². The first-order valence-electron chi connectivity index (χ1n) is 9.72. The van der Waals surface area contributed by atoms with Gasteiger partial charge in [-0.25, -0.2) is 9.37 Å². The third-order valence-electron chi connectivity index (χ3n) is 4.53. The lowest BCUT2D eigenvalue weighted by molar-refractivity contribution is -0.132. The van der Waals surface area contributed by atoms with Gasteiger partial charge < -0.3 is 9.47 Å². The number of thioether (sulfide) groups is 1. The Morgan fingerprint density at radius 2 is 1.75 bits per heavy atom. The Bertz CT molecular complexity index is 917. The number of fused-ring (bicyclic) bond motifs is 1. The molecule has 0 radical (unpaired) electrons. The fourth-order valence-electron chi connectivity index (χ4n) is 3.18. The highest BCUT2D eigenvalue weighted by molar-refractivity contribution is 7.98. The summed E-state index contributed by atoms with van der Waals surface area (Å²) in [6, 6.07) is 14.4. The van der Waals surface area contributed by atoms with Crippen LogP contribution in [0.4, 0.5) is 4.39 Å². The van der Waals surface area contributed by atoms with Crippen molar-refractivity contribution in [2.75, 3.05) is 13.1 Å². The molecule has 0 spiro atoms. The van der Waals surface area contributed by atoms with Crippen LogP contribution in [-0.2, 0) is 17.1 Å². The van der Waals surface area contributed by atoms with E-state index in [0.29, 0.717) is 5.75 Å². The molecule has 3 aromatic rings. The molecule has 1 amide bonds. The van der Waals surface area contributed by atoms with Crippen molar-refractivity contribution < 1.29 is 9.18 Å². The van der Waals surface area contributed by atoms with E-state index in [1.165, 1.54) is 12.1 Å². The number of nitrogens with zero attached hydrogens (tertiary/aromatic N) is 3. The number of amides is 1. The lowest BCUT2D eigenvalue weighted by atomic mass is 10.2. The Hall–Kier alpha value is -2.34. The van der Waals surface area contributed by atoms with Gasteiger partial charge in [0.15, 0.2) is 5.16 Å². The van der Waals surface area contributed by atoms with E-state index < -0.39 is 0 Å². The Labute approximate surface area is 169 Å². The molecular weight excluding hydrogens is 373 g/mol. The van der Waals surface area contributed by atoms with E-state index in [2.05, 4.69) is 13.8 Å². The van der Waals surface area contributed by atoms with E-state index in [-0.39, 0.29) is 18.3 Å². The SMILES string of the molecule is CCCN(CCC)C(=O)Cn1c(SCc2ccc(F)cc2)nc2ccccc21. The van der Waals surface area contributed by atoms with Crippen molar-refractivity contribution >= 4 is 28.7 Å². The van der Waals surface area contributed by atoms with Crippen LogP contribution in [0.3, 0.4) is 0 Å². The molecule has 28 heavy (non-hydrogen) atoms. The molecule has 6 heteroatoms. The maximum Gasteiger partial charge on any atom is 0.242 e. The Balaban J connectivity index is 1.84. The van der Waals surface area contributed by atoms with Crippen molar-refractivity contribution in [3.8, 4) is 0 Å². The maximum absolute atomic E-state index is 13.1. The zero-order valence-corrected chi connectivity index (χ0v) is 17.2. The fraction of sp³-hybridized carbons (Fsp3) is 0.364. The normalized spacial score (nSPS) is 11.1. The first-order valence-corrected chi connectivity index (χ1v) is 10.7. The van der Waals surface area contributed by atoms with Crippen LogP contribution in [0.25, 0.3) is 11.0 Å². The van der Waals surface area contributed by atoms with E-state index >= 15 is 0 Å². The molecule has 0 saturated carbocycles. The molecule has 0 aliphatic carbocycles. The minimum Gasteiger partial charge on any atom is -0.341 e. The monoisotopic (exact) mass is 399 g/mol. The van der Waals surface area contributed by atoms with Gasteiger partial charge in [0.1, 0.15) is 12.4 Å². The number of benzene rings is 2. The number of para-hydroxylation sites is 2. The van der Waals surface area contributed by atoms with Gasteiger partial charge in [-0.1, -0.05) is 49.9 Å². The summed E-state index contributed by atoms with van der Waals surface area (Å²) in [4.78, 5) is 19.6. The lowest BCUT2D eigenvalue weighted by Crippen LogP contribution is -2.35. The number of carbonyl (C=O) groups is 1. The summed E-state index contributed by atoms with van der Waals surface area (Å²) >= 11 is 1.57. The van der Waals surface area contributed by atoms with Crippen molar-refractivity contribution in [1.29, 1.82) is 0 Å². The van der Waals surface area contributed by atoms with Crippen molar-refractivity contribution in [2.45, 2.75) is 44.1 Å². The molecule has 1 aromatic heterocycles. The summed E-state index contributed by atoms with van der Waals surface area (Å²) in [7, 11) is 0. The third-order valence-corrected chi connectivity index (χ3v) is 5.58. The van der Waals surface area contributed by atoms with Gasteiger partial charge in [0.05, 0.1) is 11.0 Å². The number of carbonyl (C=O) groups excluding carboxylic acids is 1. The van der Waals surface area contributed by atoms with Gasteiger partial charge in [0.25, 0.3) is 0 Å². The van der Waals surface area contributed by atoms with E-state index in [1.54, 1.807) is 23.9 Å². The first-order chi connectivity index (χ1) is 13.6. The summed E-state index contributed by atoms with van der Waals surface area (Å²) in [6.45, 7) is 6.01. The first kappa shape index (κ1) is 20.4. The second kappa shape index (κ2) is 9.73. The molecule has 0 N–H and O–H groups in total. The molecule has 0 saturated heterocycles. The second-order valence-electron chi connectivity index (χ2n) is 6.77. The van der Waals surface area contributed by atoms with E-state index in [9.17, 15) is 9.18 Å². The zero-order valence-electron chi connectivity index (χ0n) is 16.4.